The van der Waals surface area contributed by atoms with Crippen LogP contribution < -0.4 is 15.5 Å². The zero-order valence-corrected chi connectivity index (χ0v) is 24.3. The van der Waals surface area contributed by atoms with Crippen LogP contribution in [-0.2, 0) is 9.59 Å². The number of hydrogen-bond donors (Lipinski definition) is 2. The topological polar surface area (TPSA) is 93.7 Å². The Morgan fingerprint density at radius 2 is 1.95 bits per heavy atom. The molecule has 40 heavy (non-hydrogen) atoms. The van der Waals surface area contributed by atoms with Gasteiger partial charge in [0.25, 0.3) is 0 Å². The van der Waals surface area contributed by atoms with Crippen molar-refractivity contribution < 1.29 is 16.8 Å². The summed E-state index contributed by atoms with van der Waals surface area (Å²) in [6.07, 6.45) is 7.07. The molecule has 9 nitrogen and oxygen atoms in total. The summed E-state index contributed by atoms with van der Waals surface area (Å²) in [4.78, 5) is 38.5. The van der Waals surface area contributed by atoms with Crippen LogP contribution in [-0.4, -0.2) is 86.0 Å². The van der Waals surface area contributed by atoms with E-state index in [0.29, 0.717) is 48.9 Å². The second-order valence-corrected chi connectivity index (χ2v) is 9.10. The molecule has 0 spiro atoms. The Labute approximate surface area is 241 Å². The van der Waals surface area contributed by atoms with Gasteiger partial charge in [0, 0.05) is 54.8 Å². The number of nitrogens with one attached hydrogen (secondary N) is 2. The van der Waals surface area contributed by atoms with Crippen molar-refractivity contribution in [1.29, 1.82) is 0 Å². The quantitative estimate of drug-likeness (QED) is 0.165. The number of carbonyl (C=O) groups excluding carboxylic acids is 2. The van der Waals surface area contributed by atoms with Gasteiger partial charge in [-0.25, -0.2) is 9.37 Å². The summed E-state index contributed by atoms with van der Waals surface area (Å²) in [5, 5.41) is 5.85. The molecule has 0 aliphatic heterocycles. The standard InChI is InChI=1S/C28H38FN7O2.C2H4.2H2/c1-6-17-35(4)27-22(20-31-28(33-27)32-24-14-10-13-23(29)19-24)12-8-7-9-16-30-25(37)21-36(5)26(38)15-11-18-34(2)3;1-2;;/h10-11,13-15,19-20H,6-7,9,16-18,21H2,1-5H3,(H,30,37)(H,31,32,33);1-2H2;2*1H/b15-11+;;;. The van der Waals surface area contributed by atoms with E-state index in [1.807, 2.05) is 30.9 Å². The molecule has 0 aliphatic carbocycles. The summed E-state index contributed by atoms with van der Waals surface area (Å²) in [5.41, 5.74) is 1.25. The van der Waals surface area contributed by atoms with Crippen molar-refractivity contribution in [3.05, 3.63) is 67.2 Å². The van der Waals surface area contributed by atoms with Gasteiger partial charge >= 0.3 is 0 Å². The first kappa shape index (κ1) is 33.8. The van der Waals surface area contributed by atoms with Gasteiger partial charge in [-0.15, -0.1) is 13.2 Å². The minimum atomic E-state index is -0.342. The normalized spacial score (nSPS) is 10.3. The molecular formula is C30H46FN7O2. The molecule has 1 aromatic carbocycles. The SMILES string of the molecule is C=C.CCCN(C)c1nc(Nc2cccc(F)c2)ncc1C#CCCCNC(=O)CN(C)C(=O)/C=C/CN(C)C.[HH].[HH]. The second-order valence-electron chi connectivity index (χ2n) is 9.10. The molecular weight excluding hydrogens is 509 g/mol. The van der Waals surface area contributed by atoms with E-state index < -0.39 is 0 Å². The highest BCUT2D eigenvalue weighted by atomic mass is 19.1. The molecule has 0 atom stereocenters. The maximum absolute atomic E-state index is 13.5. The molecule has 2 amide bonds. The Hall–Kier alpha value is -4.23. The van der Waals surface area contributed by atoms with Crippen LogP contribution >= 0.6 is 0 Å². The van der Waals surface area contributed by atoms with Crippen molar-refractivity contribution in [2.24, 2.45) is 0 Å². The lowest BCUT2D eigenvalue weighted by Crippen LogP contribution is -2.38. The lowest BCUT2D eigenvalue weighted by Gasteiger charge is -2.19. The zero-order chi connectivity index (χ0) is 29.9. The third-order valence-corrected chi connectivity index (χ3v) is 5.28. The third kappa shape index (κ3) is 13.0. The summed E-state index contributed by atoms with van der Waals surface area (Å²) >= 11 is 0. The van der Waals surface area contributed by atoms with Crippen LogP contribution in [0.5, 0.6) is 0 Å². The Morgan fingerprint density at radius 1 is 1.20 bits per heavy atom. The number of carbonyl (C=O) groups is 2. The molecule has 0 radical (unpaired) electrons. The fourth-order valence-electron chi connectivity index (χ4n) is 3.35. The third-order valence-electron chi connectivity index (χ3n) is 5.28. The number of anilines is 3. The first-order valence-corrected chi connectivity index (χ1v) is 13.1. The Morgan fingerprint density at radius 3 is 2.62 bits per heavy atom. The van der Waals surface area contributed by atoms with Crippen LogP contribution in [0.2, 0.25) is 0 Å². The average molecular weight is 556 g/mol. The summed E-state index contributed by atoms with van der Waals surface area (Å²) < 4.78 is 13.5. The first-order valence-electron chi connectivity index (χ1n) is 13.1. The van der Waals surface area contributed by atoms with E-state index in [2.05, 4.69) is 52.5 Å². The zero-order valence-electron chi connectivity index (χ0n) is 24.3. The van der Waals surface area contributed by atoms with Crippen molar-refractivity contribution in [3.8, 4) is 11.8 Å². The van der Waals surface area contributed by atoms with E-state index in [1.165, 1.54) is 23.1 Å². The molecule has 1 aromatic heterocycles. The fraction of sp³-hybridized carbons (Fsp3) is 0.400. The molecule has 0 aliphatic rings. The molecule has 220 valence electrons. The summed E-state index contributed by atoms with van der Waals surface area (Å²) in [5.74, 6) is 6.54. The Bertz CT molecular complexity index is 1190. The number of hydrogen-bond acceptors (Lipinski definition) is 7. The minimum Gasteiger partial charge on any atom is -0.358 e. The van der Waals surface area contributed by atoms with Gasteiger partial charge in [-0.1, -0.05) is 30.9 Å². The predicted octanol–water partition coefficient (Wildman–Crippen LogP) is 4.32. The molecule has 2 rings (SSSR count). The molecule has 0 bridgehead atoms. The van der Waals surface area contributed by atoms with Crippen molar-refractivity contribution >= 4 is 29.3 Å². The van der Waals surface area contributed by atoms with E-state index in [9.17, 15) is 14.0 Å². The van der Waals surface area contributed by atoms with E-state index in [-0.39, 0.29) is 27.0 Å². The molecule has 2 N–H and O–H groups in total. The predicted molar refractivity (Wildman–Crippen MR) is 165 cm³/mol. The monoisotopic (exact) mass is 555 g/mol. The van der Waals surface area contributed by atoms with Crippen molar-refractivity contribution in [2.45, 2.75) is 26.2 Å². The molecule has 0 saturated carbocycles. The highest BCUT2D eigenvalue weighted by Crippen LogP contribution is 2.20. The molecule has 0 saturated heterocycles. The van der Waals surface area contributed by atoms with Crippen LogP contribution in [0.1, 0.15) is 34.6 Å². The summed E-state index contributed by atoms with van der Waals surface area (Å²) in [6, 6.07) is 6.12. The smallest absolute Gasteiger partial charge is 0.246 e. The van der Waals surface area contributed by atoms with Gasteiger partial charge in [0.1, 0.15) is 11.6 Å². The van der Waals surface area contributed by atoms with Crippen LogP contribution in [0, 0.1) is 17.7 Å². The molecule has 2 aromatic rings. The Balaban J connectivity index is 0. The number of halogens is 1. The van der Waals surface area contributed by atoms with E-state index in [4.69, 9.17) is 0 Å². The van der Waals surface area contributed by atoms with Crippen LogP contribution in [0.15, 0.2) is 55.8 Å². The molecule has 10 heteroatoms. The van der Waals surface area contributed by atoms with Crippen molar-refractivity contribution in [3.63, 3.8) is 0 Å². The molecule has 0 unspecified atom stereocenters. The highest BCUT2D eigenvalue weighted by molar-refractivity contribution is 5.91. The van der Waals surface area contributed by atoms with Crippen LogP contribution in [0.25, 0.3) is 0 Å². The van der Waals surface area contributed by atoms with Gasteiger partial charge in [0.05, 0.1) is 18.3 Å². The number of rotatable bonds is 13. The number of benzene rings is 1. The number of aromatic nitrogens is 2. The fourth-order valence-corrected chi connectivity index (χ4v) is 3.35. The van der Waals surface area contributed by atoms with E-state index >= 15 is 0 Å². The second kappa shape index (κ2) is 18.9. The van der Waals surface area contributed by atoms with Gasteiger partial charge in [-0.3, -0.25) is 9.59 Å². The van der Waals surface area contributed by atoms with E-state index in [1.54, 1.807) is 31.5 Å². The lowest BCUT2D eigenvalue weighted by molar-refractivity contribution is -0.131. The molecule has 1 heterocycles. The average Bonchev–Trinajstić information content (AvgIpc) is 2.92. The van der Waals surface area contributed by atoms with Crippen molar-refractivity contribution in [1.82, 2.24) is 25.1 Å². The van der Waals surface area contributed by atoms with Gasteiger partial charge in [-0.2, -0.15) is 4.98 Å². The maximum atomic E-state index is 13.5. The van der Waals surface area contributed by atoms with Gasteiger partial charge in [0.2, 0.25) is 17.8 Å². The summed E-state index contributed by atoms with van der Waals surface area (Å²) in [7, 11) is 7.37. The van der Waals surface area contributed by atoms with Gasteiger partial charge < -0.3 is 25.3 Å². The lowest BCUT2D eigenvalue weighted by atomic mass is 10.2. The summed E-state index contributed by atoms with van der Waals surface area (Å²) in [6.45, 7) is 9.99. The van der Waals surface area contributed by atoms with Crippen molar-refractivity contribution in [2.75, 3.05) is 64.6 Å². The largest absolute Gasteiger partial charge is 0.358 e. The number of likely N-dealkylation sites (N-methyl/N-ethyl adjacent to an activating group) is 2. The minimum absolute atomic E-state index is 0. The van der Waals surface area contributed by atoms with Gasteiger partial charge in [-0.05, 0) is 45.1 Å². The van der Waals surface area contributed by atoms with Crippen LogP contribution in [0.4, 0.5) is 21.8 Å². The number of unbranched alkanes of at least 4 members (excludes halogenated alkanes) is 1. The number of nitrogens with zero attached hydrogens (tertiary/aromatic N) is 5. The molecule has 0 fully saturated rings. The van der Waals surface area contributed by atoms with Gasteiger partial charge in [0.15, 0.2) is 0 Å². The first-order chi connectivity index (χ1) is 19.2. The Kier molecular flexibility index (Phi) is 16.0. The highest BCUT2D eigenvalue weighted by Gasteiger charge is 2.11. The number of amides is 2. The van der Waals surface area contributed by atoms with Crippen LogP contribution in [0.3, 0.4) is 0 Å². The maximum Gasteiger partial charge on any atom is 0.246 e. The van der Waals surface area contributed by atoms with E-state index in [0.717, 1.165) is 13.0 Å².